The molecular formula is C22H26ClFN2O3. The number of likely N-dealkylation sites (tertiary alicyclic amines) is 1. The molecule has 1 aliphatic rings. The number of carbonyl (C=O) groups is 1. The maximum atomic E-state index is 13.9. The summed E-state index contributed by atoms with van der Waals surface area (Å²) in [6, 6.07) is 12.2. The molecule has 7 heteroatoms. The molecule has 1 heterocycles. The molecule has 0 spiro atoms. The van der Waals surface area contributed by atoms with Gasteiger partial charge in [-0.15, -0.1) is 0 Å². The second-order valence-electron chi connectivity index (χ2n) is 7.25. The fourth-order valence-corrected chi connectivity index (χ4v) is 3.60. The molecule has 5 nitrogen and oxygen atoms in total. The first kappa shape index (κ1) is 21.4. The number of ether oxygens (including phenoxy) is 2. The van der Waals surface area contributed by atoms with Crippen molar-refractivity contribution in [2.75, 3.05) is 20.2 Å². The molecule has 1 N–H and O–H groups in total. The molecule has 1 unspecified atom stereocenters. The van der Waals surface area contributed by atoms with Gasteiger partial charge < -0.3 is 14.8 Å². The van der Waals surface area contributed by atoms with E-state index in [1.807, 2.05) is 6.07 Å². The molecule has 0 bridgehead atoms. The van der Waals surface area contributed by atoms with Crippen molar-refractivity contribution in [1.82, 2.24) is 10.2 Å². The highest BCUT2D eigenvalue weighted by Gasteiger charge is 2.24. The van der Waals surface area contributed by atoms with Crippen molar-refractivity contribution in [3.8, 4) is 11.5 Å². The number of nitrogens with one attached hydrogen (secondary N) is 1. The van der Waals surface area contributed by atoms with Crippen molar-refractivity contribution < 1.29 is 18.7 Å². The van der Waals surface area contributed by atoms with Crippen LogP contribution >= 0.6 is 11.6 Å². The lowest BCUT2D eigenvalue weighted by Gasteiger charge is -2.33. The summed E-state index contributed by atoms with van der Waals surface area (Å²) in [5, 5.41) is 3.63. The number of amides is 1. The van der Waals surface area contributed by atoms with Crippen LogP contribution in [-0.2, 0) is 11.3 Å². The van der Waals surface area contributed by atoms with Crippen molar-refractivity contribution in [3.05, 3.63) is 58.9 Å². The van der Waals surface area contributed by atoms with Crippen LogP contribution in [0.5, 0.6) is 11.5 Å². The number of carbonyl (C=O) groups excluding carboxylic acids is 1. The van der Waals surface area contributed by atoms with E-state index in [9.17, 15) is 9.18 Å². The molecule has 1 saturated heterocycles. The Balaban J connectivity index is 1.44. The van der Waals surface area contributed by atoms with Gasteiger partial charge in [-0.25, -0.2) is 4.39 Å². The summed E-state index contributed by atoms with van der Waals surface area (Å²) in [6.07, 6.45) is 1.08. The standard InChI is InChI=1S/C22H26ClFN2O3/c1-15(29-19-5-3-4-17(23)13-19)22(27)25-18-8-10-26(11-9-18)14-16-6-7-21(28-2)20(24)12-16/h3-7,12-13,15,18H,8-11,14H2,1-2H3,(H,25,27). The maximum Gasteiger partial charge on any atom is 0.260 e. The van der Waals surface area contributed by atoms with Crippen LogP contribution < -0.4 is 14.8 Å². The minimum Gasteiger partial charge on any atom is -0.494 e. The molecule has 0 saturated carbocycles. The van der Waals surface area contributed by atoms with Crippen LogP contribution in [0.25, 0.3) is 0 Å². The highest BCUT2D eigenvalue weighted by molar-refractivity contribution is 6.30. The normalized spacial score (nSPS) is 16.3. The number of benzene rings is 2. The lowest BCUT2D eigenvalue weighted by atomic mass is 10.0. The Morgan fingerprint density at radius 2 is 2.03 bits per heavy atom. The molecule has 156 valence electrons. The first-order chi connectivity index (χ1) is 13.9. The number of methoxy groups -OCH3 is 1. The minimum atomic E-state index is -0.603. The summed E-state index contributed by atoms with van der Waals surface area (Å²) in [6.45, 7) is 4.07. The van der Waals surface area contributed by atoms with Gasteiger partial charge in [-0.1, -0.05) is 23.7 Å². The van der Waals surface area contributed by atoms with E-state index in [-0.39, 0.29) is 23.5 Å². The summed E-state index contributed by atoms with van der Waals surface area (Å²) in [5.41, 5.74) is 0.911. The van der Waals surface area contributed by atoms with Gasteiger partial charge in [0.15, 0.2) is 17.7 Å². The largest absolute Gasteiger partial charge is 0.494 e. The molecule has 2 aromatic carbocycles. The van der Waals surface area contributed by atoms with Gasteiger partial charge in [0.25, 0.3) is 5.91 Å². The van der Waals surface area contributed by atoms with Gasteiger partial charge >= 0.3 is 0 Å². The lowest BCUT2D eigenvalue weighted by Crippen LogP contribution is -2.47. The smallest absolute Gasteiger partial charge is 0.260 e. The predicted octanol–water partition coefficient (Wildman–Crippen LogP) is 4.04. The van der Waals surface area contributed by atoms with E-state index in [4.69, 9.17) is 21.1 Å². The van der Waals surface area contributed by atoms with Crippen molar-refractivity contribution in [2.45, 2.75) is 38.5 Å². The molecule has 1 aliphatic heterocycles. The molecule has 2 aromatic rings. The van der Waals surface area contributed by atoms with E-state index < -0.39 is 6.10 Å². The van der Waals surface area contributed by atoms with Gasteiger partial charge in [-0.2, -0.15) is 0 Å². The zero-order chi connectivity index (χ0) is 20.8. The zero-order valence-corrected chi connectivity index (χ0v) is 17.4. The molecule has 1 atom stereocenters. The average molecular weight is 421 g/mol. The fourth-order valence-electron chi connectivity index (χ4n) is 3.42. The molecule has 29 heavy (non-hydrogen) atoms. The van der Waals surface area contributed by atoms with E-state index in [1.165, 1.54) is 13.2 Å². The average Bonchev–Trinajstić information content (AvgIpc) is 2.69. The topological polar surface area (TPSA) is 50.8 Å². The molecule has 3 rings (SSSR count). The van der Waals surface area contributed by atoms with E-state index in [0.717, 1.165) is 31.5 Å². The number of nitrogens with zero attached hydrogens (tertiary/aromatic N) is 1. The molecular weight excluding hydrogens is 395 g/mol. The van der Waals surface area contributed by atoms with Gasteiger partial charge in [-0.05, 0) is 55.7 Å². The van der Waals surface area contributed by atoms with Crippen molar-refractivity contribution >= 4 is 17.5 Å². The van der Waals surface area contributed by atoms with Crippen LogP contribution in [0.1, 0.15) is 25.3 Å². The van der Waals surface area contributed by atoms with Crippen LogP contribution in [0.4, 0.5) is 4.39 Å². The third-order valence-electron chi connectivity index (χ3n) is 5.03. The van der Waals surface area contributed by atoms with E-state index in [1.54, 1.807) is 37.3 Å². The van der Waals surface area contributed by atoms with Gasteiger partial charge in [0, 0.05) is 30.7 Å². The lowest BCUT2D eigenvalue weighted by molar-refractivity contribution is -0.128. The summed E-state index contributed by atoms with van der Waals surface area (Å²) < 4.78 is 24.5. The zero-order valence-electron chi connectivity index (χ0n) is 16.7. The third-order valence-corrected chi connectivity index (χ3v) is 5.27. The van der Waals surface area contributed by atoms with Crippen LogP contribution in [-0.4, -0.2) is 43.2 Å². The van der Waals surface area contributed by atoms with E-state index in [0.29, 0.717) is 17.3 Å². The summed E-state index contributed by atoms with van der Waals surface area (Å²) >= 11 is 5.95. The Morgan fingerprint density at radius 1 is 1.28 bits per heavy atom. The minimum absolute atomic E-state index is 0.108. The molecule has 0 radical (unpaired) electrons. The van der Waals surface area contributed by atoms with Crippen molar-refractivity contribution in [1.29, 1.82) is 0 Å². The first-order valence-electron chi connectivity index (χ1n) is 9.72. The van der Waals surface area contributed by atoms with Crippen LogP contribution in [0.2, 0.25) is 5.02 Å². The SMILES string of the molecule is COc1ccc(CN2CCC(NC(=O)C(C)Oc3cccc(Cl)c3)CC2)cc1F. The number of piperidine rings is 1. The van der Waals surface area contributed by atoms with Gasteiger partial charge in [0.2, 0.25) is 0 Å². The second kappa shape index (κ2) is 9.94. The Morgan fingerprint density at radius 3 is 2.69 bits per heavy atom. The number of hydrogen-bond acceptors (Lipinski definition) is 4. The third kappa shape index (κ3) is 6.08. The highest BCUT2D eigenvalue weighted by Crippen LogP contribution is 2.21. The van der Waals surface area contributed by atoms with Crippen LogP contribution in [0.3, 0.4) is 0 Å². The number of hydrogen-bond donors (Lipinski definition) is 1. The molecule has 1 fully saturated rings. The Bertz CT molecular complexity index is 841. The molecule has 0 aliphatic carbocycles. The van der Waals surface area contributed by atoms with E-state index >= 15 is 0 Å². The monoisotopic (exact) mass is 420 g/mol. The van der Waals surface area contributed by atoms with Crippen molar-refractivity contribution in [3.63, 3.8) is 0 Å². The predicted molar refractivity (Wildman–Crippen MR) is 111 cm³/mol. The quantitative estimate of drug-likeness (QED) is 0.734. The van der Waals surface area contributed by atoms with Gasteiger partial charge in [-0.3, -0.25) is 9.69 Å². The summed E-state index contributed by atoms with van der Waals surface area (Å²) in [7, 11) is 1.46. The highest BCUT2D eigenvalue weighted by atomic mass is 35.5. The summed E-state index contributed by atoms with van der Waals surface area (Å²) in [5.74, 6) is 0.340. The Labute approximate surface area is 175 Å². The fraction of sp³-hybridized carbons (Fsp3) is 0.409. The van der Waals surface area contributed by atoms with Crippen LogP contribution in [0, 0.1) is 5.82 Å². The van der Waals surface area contributed by atoms with Crippen molar-refractivity contribution in [2.24, 2.45) is 0 Å². The second-order valence-corrected chi connectivity index (χ2v) is 7.68. The Kier molecular flexibility index (Phi) is 7.34. The summed E-state index contributed by atoms with van der Waals surface area (Å²) in [4.78, 5) is 14.7. The number of halogens is 2. The maximum absolute atomic E-state index is 13.9. The Hall–Kier alpha value is -2.31. The first-order valence-corrected chi connectivity index (χ1v) is 10.1. The van der Waals surface area contributed by atoms with Gasteiger partial charge in [0.1, 0.15) is 5.75 Å². The van der Waals surface area contributed by atoms with Gasteiger partial charge in [0.05, 0.1) is 7.11 Å². The number of rotatable bonds is 7. The molecule has 0 aromatic heterocycles. The van der Waals surface area contributed by atoms with E-state index in [2.05, 4.69) is 10.2 Å². The van der Waals surface area contributed by atoms with Crippen LogP contribution in [0.15, 0.2) is 42.5 Å². The molecule has 1 amide bonds.